The Labute approximate surface area is 123 Å². The summed E-state index contributed by atoms with van der Waals surface area (Å²) in [6, 6.07) is 0. The van der Waals surface area contributed by atoms with E-state index in [1.807, 2.05) is 0 Å². The third-order valence-electron chi connectivity index (χ3n) is 3.86. The number of aromatic carboxylic acids is 1. The van der Waals surface area contributed by atoms with Crippen LogP contribution in [0.15, 0.2) is 0 Å². The Kier molecular flexibility index (Phi) is 4.34. The minimum absolute atomic E-state index is 0.0346. The lowest BCUT2D eigenvalue weighted by atomic mass is 9.88. The number of aromatic nitrogens is 1. The van der Waals surface area contributed by atoms with E-state index in [9.17, 15) is 9.90 Å². The second kappa shape index (κ2) is 5.69. The zero-order chi connectivity index (χ0) is 14.9. The Morgan fingerprint density at radius 3 is 2.85 bits per heavy atom. The molecule has 20 heavy (non-hydrogen) atoms. The van der Waals surface area contributed by atoms with Crippen molar-refractivity contribution in [2.75, 3.05) is 13.1 Å². The van der Waals surface area contributed by atoms with Crippen LogP contribution in [0.5, 0.6) is 5.88 Å². The zero-order valence-electron chi connectivity index (χ0n) is 12.5. The highest BCUT2D eigenvalue weighted by molar-refractivity contribution is 7.13. The molecule has 1 aromatic rings. The minimum Gasteiger partial charge on any atom is -0.477 e. The number of carboxylic acid groups (broad SMARTS) is 1. The average molecular weight is 298 g/mol. The molecule has 1 aliphatic rings. The summed E-state index contributed by atoms with van der Waals surface area (Å²) in [6.45, 7) is 10.4. The van der Waals surface area contributed by atoms with Crippen molar-refractivity contribution >= 4 is 17.3 Å². The van der Waals surface area contributed by atoms with Crippen LogP contribution in [-0.2, 0) is 0 Å². The van der Waals surface area contributed by atoms with Gasteiger partial charge in [0.25, 0.3) is 0 Å². The second-order valence-corrected chi connectivity index (χ2v) is 7.00. The van der Waals surface area contributed by atoms with E-state index in [0.717, 1.165) is 30.9 Å². The predicted molar refractivity (Wildman–Crippen MR) is 78.8 cm³/mol. The highest BCUT2D eigenvalue weighted by atomic mass is 32.1. The quantitative estimate of drug-likeness (QED) is 0.926. The van der Waals surface area contributed by atoms with Gasteiger partial charge in [-0.15, -0.1) is 11.3 Å². The van der Waals surface area contributed by atoms with Crippen LogP contribution in [0, 0.1) is 6.92 Å². The number of hydrogen-bond acceptors (Lipinski definition) is 5. The largest absolute Gasteiger partial charge is 0.477 e. The Morgan fingerprint density at radius 2 is 2.30 bits per heavy atom. The number of thiazole rings is 1. The molecular weight excluding hydrogens is 276 g/mol. The van der Waals surface area contributed by atoms with E-state index in [4.69, 9.17) is 4.74 Å². The van der Waals surface area contributed by atoms with E-state index in [1.54, 1.807) is 6.92 Å². The smallest absolute Gasteiger partial charge is 0.351 e. The molecule has 1 atom stereocenters. The lowest BCUT2D eigenvalue weighted by Gasteiger charge is -2.44. The van der Waals surface area contributed by atoms with Crippen LogP contribution in [0.1, 0.15) is 48.3 Å². The van der Waals surface area contributed by atoms with Crippen LogP contribution in [0.25, 0.3) is 0 Å². The summed E-state index contributed by atoms with van der Waals surface area (Å²) in [5.41, 5.74) is 0.0755. The van der Waals surface area contributed by atoms with E-state index in [2.05, 4.69) is 30.7 Å². The lowest BCUT2D eigenvalue weighted by Crippen LogP contribution is -2.52. The number of nitrogens with zero attached hydrogens (tertiary/aromatic N) is 2. The molecule has 5 nitrogen and oxygen atoms in total. The van der Waals surface area contributed by atoms with Gasteiger partial charge in [0, 0.05) is 18.5 Å². The Hall–Kier alpha value is -1.14. The van der Waals surface area contributed by atoms with Gasteiger partial charge in [-0.1, -0.05) is 6.92 Å². The molecule has 0 spiro atoms. The summed E-state index contributed by atoms with van der Waals surface area (Å²) in [7, 11) is 0. The maximum atomic E-state index is 11.2. The number of likely N-dealkylation sites (tertiary alicyclic amines) is 1. The van der Waals surface area contributed by atoms with Crippen molar-refractivity contribution in [3.8, 4) is 5.88 Å². The summed E-state index contributed by atoms with van der Waals surface area (Å²) < 4.78 is 5.89. The summed E-state index contributed by atoms with van der Waals surface area (Å²) in [6.07, 6.45) is 1.83. The molecule has 1 unspecified atom stereocenters. The van der Waals surface area contributed by atoms with E-state index in [-0.39, 0.29) is 22.4 Å². The van der Waals surface area contributed by atoms with Gasteiger partial charge in [0.05, 0.1) is 5.01 Å². The SMILES string of the molecule is CCN1CCC(Oc2nc(C)sc2C(=O)O)CC1(C)C. The Balaban J connectivity index is 2.10. The summed E-state index contributed by atoms with van der Waals surface area (Å²) >= 11 is 1.17. The Bertz CT molecular complexity index is 499. The van der Waals surface area contributed by atoms with Crippen LogP contribution >= 0.6 is 11.3 Å². The third-order valence-corrected chi connectivity index (χ3v) is 4.80. The van der Waals surface area contributed by atoms with Crippen molar-refractivity contribution in [2.24, 2.45) is 0 Å². The van der Waals surface area contributed by atoms with Gasteiger partial charge in [0.2, 0.25) is 5.88 Å². The van der Waals surface area contributed by atoms with Gasteiger partial charge in [-0.2, -0.15) is 0 Å². The van der Waals surface area contributed by atoms with Crippen LogP contribution in [0.3, 0.4) is 0 Å². The molecule has 0 bridgehead atoms. The van der Waals surface area contributed by atoms with Gasteiger partial charge in [-0.3, -0.25) is 4.90 Å². The molecule has 0 aliphatic carbocycles. The molecule has 112 valence electrons. The average Bonchev–Trinajstić information content (AvgIpc) is 2.69. The molecular formula is C14H22N2O3S. The minimum atomic E-state index is -0.962. The van der Waals surface area contributed by atoms with Crippen molar-refractivity contribution < 1.29 is 14.6 Å². The summed E-state index contributed by atoms with van der Waals surface area (Å²) in [4.78, 5) is 18.0. The fraction of sp³-hybridized carbons (Fsp3) is 0.714. The van der Waals surface area contributed by atoms with Gasteiger partial charge in [0.15, 0.2) is 4.88 Å². The summed E-state index contributed by atoms with van der Waals surface area (Å²) in [5.74, 6) is -0.679. The van der Waals surface area contributed by atoms with Crippen molar-refractivity contribution in [3.05, 3.63) is 9.88 Å². The van der Waals surface area contributed by atoms with Crippen LogP contribution < -0.4 is 4.74 Å². The number of carboxylic acids is 1. The van der Waals surface area contributed by atoms with Gasteiger partial charge >= 0.3 is 5.97 Å². The third kappa shape index (κ3) is 3.12. The van der Waals surface area contributed by atoms with Crippen molar-refractivity contribution in [1.29, 1.82) is 0 Å². The van der Waals surface area contributed by atoms with E-state index >= 15 is 0 Å². The molecule has 6 heteroatoms. The molecule has 0 saturated carbocycles. The fourth-order valence-corrected chi connectivity index (χ4v) is 3.55. The molecule has 0 aromatic carbocycles. The molecule has 1 saturated heterocycles. The Morgan fingerprint density at radius 1 is 1.60 bits per heavy atom. The molecule has 0 amide bonds. The highest BCUT2D eigenvalue weighted by Crippen LogP contribution is 2.32. The van der Waals surface area contributed by atoms with Crippen molar-refractivity contribution in [3.63, 3.8) is 0 Å². The predicted octanol–water partition coefficient (Wildman–Crippen LogP) is 2.79. The van der Waals surface area contributed by atoms with Gasteiger partial charge in [0.1, 0.15) is 6.10 Å². The molecule has 1 N–H and O–H groups in total. The number of ether oxygens (including phenoxy) is 1. The van der Waals surface area contributed by atoms with E-state index in [0.29, 0.717) is 0 Å². The zero-order valence-corrected chi connectivity index (χ0v) is 13.3. The maximum Gasteiger partial charge on any atom is 0.351 e. The lowest BCUT2D eigenvalue weighted by molar-refractivity contribution is 0.0103. The first kappa shape index (κ1) is 15.3. The fourth-order valence-electron chi connectivity index (χ4n) is 2.86. The molecule has 2 rings (SSSR count). The van der Waals surface area contributed by atoms with Crippen molar-refractivity contribution in [2.45, 2.75) is 52.2 Å². The highest BCUT2D eigenvalue weighted by Gasteiger charge is 2.35. The first-order valence-corrected chi connectivity index (χ1v) is 7.77. The monoisotopic (exact) mass is 298 g/mol. The second-order valence-electron chi connectivity index (χ2n) is 5.80. The standard InChI is InChI=1S/C14H22N2O3S/c1-5-16-7-6-10(8-14(16,3)4)19-12-11(13(17)18)20-9(2)15-12/h10H,5-8H2,1-4H3,(H,17,18). The number of piperidine rings is 1. The molecule has 1 aromatic heterocycles. The van der Waals surface area contributed by atoms with E-state index in [1.165, 1.54) is 11.3 Å². The van der Waals surface area contributed by atoms with Crippen LogP contribution in [0.2, 0.25) is 0 Å². The normalized spacial score (nSPS) is 22.7. The van der Waals surface area contributed by atoms with Crippen LogP contribution in [0.4, 0.5) is 0 Å². The molecule has 2 heterocycles. The van der Waals surface area contributed by atoms with Crippen molar-refractivity contribution in [1.82, 2.24) is 9.88 Å². The van der Waals surface area contributed by atoms with Crippen LogP contribution in [-0.4, -0.2) is 45.7 Å². The topological polar surface area (TPSA) is 62.7 Å². The summed E-state index contributed by atoms with van der Waals surface area (Å²) in [5, 5.41) is 9.90. The first-order chi connectivity index (χ1) is 9.33. The number of hydrogen-bond donors (Lipinski definition) is 1. The molecule has 0 radical (unpaired) electrons. The molecule has 1 fully saturated rings. The number of carbonyl (C=O) groups is 1. The molecule has 1 aliphatic heterocycles. The van der Waals surface area contributed by atoms with Gasteiger partial charge in [-0.25, -0.2) is 9.78 Å². The van der Waals surface area contributed by atoms with Gasteiger partial charge in [-0.05, 0) is 33.7 Å². The maximum absolute atomic E-state index is 11.2. The van der Waals surface area contributed by atoms with Gasteiger partial charge < -0.3 is 9.84 Å². The first-order valence-electron chi connectivity index (χ1n) is 6.96. The number of rotatable bonds is 4. The number of aryl methyl sites for hydroxylation is 1. The van der Waals surface area contributed by atoms with E-state index < -0.39 is 5.97 Å².